The van der Waals surface area contributed by atoms with Crippen LogP contribution in [0, 0.1) is 16.7 Å². The summed E-state index contributed by atoms with van der Waals surface area (Å²) in [4.78, 5) is 34.8. The molecule has 2 aliphatic rings. The van der Waals surface area contributed by atoms with Gasteiger partial charge in [0.1, 0.15) is 11.2 Å². The maximum Gasteiger partial charge on any atom is 0.317 e. The van der Waals surface area contributed by atoms with Crippen molar-refractivity contribution < 1.29 is 19.5 Å². The van der Waals surface area contributed by atoms with Gasteiger partial charge in [0.2, 0.25) is 0 Å². The first-order valence-corrected chi connectivity index (χ1v) is 5.13. The van der Waals surface area contributed by atoms with Crippen LogP contribution in [-0.2, 0) is 14.4 Å². The third-order valence-electron chi connectivity index (χ3n) is 4.34. The van der Waals surface area contributed by atoms with Gasteiger partial charge in [-0.05, 0) is 18.3 Å². The molecule has 0 aromatic rings. The smallest absolute Gasteiger partial charge is 0.317 e. The standard InChI is InChI=1S/C11H14O4/c1-10(2)6-3-4-11(10,9(14)15)8(13)5-7(6)12/h6H,3-5H2,1-2H3,(H,14,15)/t6-,11-/m0/s1. The number of Topliss-reactive ketones (excluding diaryl/α,β-unsaturated/α-hetero) is 2. The van der Waals surface area contributed by atoms with Crippen molar-refractivity contribution >= 4 is 17.5 Å². The Morgan fingerprint density at radius 3 is 2.53 bits per heavy atom. The monoisotopic (exact) mass is 210 g/mol. The van der Waals surface area contributed by atoms with E-state index in [1.165, 1.54) is 0 Å². The molecule has 0 aromatic carbocycles. The van der Waals surface area contributed by atoms with Gasteiger partial charge in [-0.25, -0.2) is 0 Å². The molecule has 2 atom stereocenters. The summed E-state index contributed by atoms with van der Waals surface area (Å²) in [6, 6.07) is 0. The number of hydrogen-bond donors (Lipinski definition) is 1. The van der Waals surface area contributed by atoms with Crippen LogP contribution >= 0.6 is 0 Å². The van der Waals surface area contributed by atoms with Crippen LogP contribution in [0.25, 0.3) is 0 Å². The summed E-state index contributed by atoms with van der Waals surface area (Å²) >= 11 is 0. The number of carbonyl (C=O) groups excluding carboxylic acids is 2. The predicted molar refractivity (Wildman–Crippen MR) is 51.2 cm³/mol. The van der Waals surface area contributed by atoms with Crippen molar-refractivity contribution in [2.24, 2.45) is 16.7 Å². The van der Waals surface area contributed by atoms with Crippen LogP contribution < -0.4 is 0 Å². The van der Waals surface area contributed by atoms with Crippen LogP contribution in [0.5, 0.6) is 0 Å². The van der Waals surface area contributed by atoms with Gasteiger partial charge in [0.05, 0.1) is 6.42 Å². The number of fused-ring (bicyclic) bond motifs is 2. The minimum atomic E-state index is -1.31. The van der Waals surface area contributed by atoms with Crippen LogP contribution in [0.4, 0.5) is 0 Å². The van der Waals surface area contributed by atoms with E-state index in [-0.39, 0.29) is 18.1 Å². The zero-order valence-electron chi connectivity index (χ0n) is 8.87. The van der Waals surface area contributed by atoms with Crippen LogP contribution in [-0.4, -0.2) is 22.6 Å². The molecule has 2 fully saturated rings. The SMILES string of the molecule is CC1(C)[C@H]2CC[C@@]1(C(=O)O)C(=O)CC2=O. The fraction of sp³-hybridized carbons (Fsp3) is 0.727. The van der Waals surface area contributed by atoms with Gasteiger partial charge in [0.15, 0.2) is 5.78 Å². The Labute approximate surface area is 87.7 Å². The minimum absolute atomic E-state index is 0.0839. The summed E-state index contributed by atoms with van der Waals surface area (Å²) in [5, 5.41) is 9.28. The zero-order chi connectivity index (χ0) is 11.4. The average Bonchev–Trinajstić information content (AvgIpc) is 2.27. The van der Waals surface area contributed by atoms with Crippen molar-refractivity contribution in [2.75, 3.05) is 0 Å². The molecule has 0 heterocycles. The lowest BCUT2D eigenvalue weighted by molar-refractivity contribution is -0.167. The molecule has 15 heavy (non-hydrogen) atoms. The Morgan fingerprint density at radius 1 is 1.40 bits per heavy atom. The number of hydrogen-bond acceptors (Lipinski definition) is 3. The highest BCUT2D eigenvalue weighted by Crippen LogP contribution is 2.60. The van der Waals surface area contributed by atoms with E-state index in [0.29, 0.717) is 12.8 Å². The van der Waals surface area contributed by atoms with Gasteiger partial charge in [0.25, 0.3) is 0 Å². The molecule has 2 saturated carbocycles. The first kappa shape index (κ1) is 10.3. The maximum atomic E-state index is 11.8. The van der Waals surface area contributed by atoms with Crippen molar-refractivity contribution in [1.82, 2.24) is 0 Å². The number of rotatable bonds is 1. The molecule has 2 aliphatic carbocycles. The lowest BCUT2D eigenvalue weighted by atomic mass is 9.57. The fourth-order valence-corrected chi connectivity index (χ4v) is 3.34. The van der Waals surface area contributed by atoms with Gasteiger partial charge in [-0.15, -0.1) is 0 Å². The van der Waals surface area contributed by atoms with E-state index in [0.717, 1.165) is 0 Å². The van der Waals surface area contributed by atoms with Gasteiger partial charge in [-0.1, -0.05) is 13.8 Å². The molecule has 0 radical (unpaired) electrons. The molecule has 0 unspecified atom stereocenters. The number of ketones is 2. The van der Waals surface area contributed by atoms with Crippen molar-refractivity contribution in [3.8, 4) is 0 Å². The first-order valence-electron chi connectivity index (χ1n) is 5.13. The molecule has 82 valence electrons. The molecule has 0 aliphatic heterocycles. The molecule has 2 rings (SSSR count). The Balaban J connectivity index is 2.60. The maximum absolute atomic E-state index is 11.8. The number of carboxylic acids is 1. The van der Waals surface area contributed by atoms with Crippen LogP contribution in [0.15, 0.2) is 0 Å². The first-order chi connectivity index (χ1) is 6.84. The lowest BCUT2D eigenvalue weighted by Crippen LogP contribution is -2.54. The molecule has 1 N–H and O–H groups in total. The largest absolute Gasteiger partial charge is 0.480 e. The third kappa shape index (κ3) is 0.945. The zero-order valence-corrected chi connectivity index (χ0v) is 8.87. The van der Waals surface area contributed by atoms with Gasteiger partial charge in [0, 0.05) is 5.92 Å². The van der Waals surface area contributed by atoms with Crippen molar-refractivity contribution in [2.45, 2.75) is 33.1 Å². The summed E-state index contributed by atoms with van der Waals surface area (Å²) < 4.78 is 0. The van der Waals surface area contributed by atoms with Gasteiger partial charge < -0.3 is 5.11 Å². The Bertz CT molecular complexity index is 369. The van der Waals surface area contributed by atoms with E-state index in [1.807, 2.05) is 0 Å². The second-order valence-corrected chi connectivity index (χ2v) is 5.09. The summed E-state index contributed by atoms with van der Waals surface area (Å²) in [7, 11) is 0. The molecule has 0 spiro atoms. The highest BCUT2D eigenvalue weighted by Gasteiger charge is 2.67. The third-order valence-corrected chi connectivity index (χ3v) is 4.34. The second kappa shape index (κ2) is 2.68. The molecular formula is C11H14O4. The Hall–Kier alpha value is -1.19. The number of carbonyl (C=O) groups is 3. The van der Waals surface area contributed by atoms with Crippen LogP contribution in [0.2, 0.25) is 0 Å². The topological polar surface area (TPSA) is 71.4 Å². The van der Waals surface area contributed by atoms with E-state index >= 15 is 0 Å². The Morgan fingerprint density at radius 2 is 2.00 bits per heavy atom. The summed E-state index contributed by atoms with van der Waals surface area (Å²) in [6.45, 7) is 3.46. The summed E-state index contributed by atoms with van der Waals surface area (Å²) in [5.41, 5.74) is -2.04. The quantitative estimate of drug-likeness (QED) is 0.656. The normalized spacial score (nSPS) is 38.1. The molecule has 2 bridgehead atoms. The van der Waals surface area contributed by atoms with E-state index in [2.05, 4.69) is 0 Å². The molecule has 0 saturated heterocycles. The summed E-state index contributed by atoms with van der Waals surface area (Å²) in [5.74, 6) is -1.81. The van der Waals surface area contributed by atoms with E-state index < -0.39 is 22.6 Å². The van der Waals surface area contributed by atoms with Crippen LogP contribution in [0.1, 0.15) is 33.1 Å². The molecule has 0 aromatic heterocycles. The second-order valence-electron chi connectivity index (χ2n) is 5.09. The molecular weight excluding hydrogens is 196 g/mol. The molecule has 0 amide bonds. The van der Waals surface area contributed by atoms with E-state index in [1.54, 1.807) is 13.8 Å². The van der Waals surface area contributed by atoms with Crippen LogP contribution in [0.3, 0.4) is 0 Å². The van der Waals surface area contributed by atoms with Crippen molar-refractivity contribution in [3.05, 3.63) is 0 Å². The van der Waals surface area contributed by atoms with Gasteiger partial charge in [-0.3, -0.25) is 14.4 Å². The van der Waals surface area contributed by atoms with Gasteiger partial charge in [-0.2, -0.15) is 0 Å². The van der Waals surface area contributed by atoms with Crippen molar-refractivity contribution in [1.29, 1.82) is 0 Å². The minimum Gasteiger partial charge on any atom is -0.480 e. The molecule has 4 heteroatoms. The van der Waals surface area contributed by atoms with Crippen molar-refractivity contribution in [3.63, 3.8) is 0 Å². The van der Waals surface area contributed by atoms with E-state index in [4.69, 9.17) is 0 Å². The predicted octanol–water partition coefficient (Wildman–Crippen LogP) is 1.04. The average molecular weight is 210 g/mol. The molecule has 4 nitrogen and oxygen atoms in total. The highest BCUT2D eigenvalue weighted by molar-refractivity contribution is 6.15. The number of aliphatic carboxylic acids is 1. The number of carboxylic acid groups (broad SMARTS) is 1. The summed E-state index contributed by atoms with van der Waals surface area (Å²) in [6.07, 6.45) is 0.648. The van der Waals surface area contributed by atoms with Gasteiger partial charge >= 0.3 is 5.97 Å². The fourth-order valence-electron chi connectivity index (χ4n) is 3.34. The lowest BCUT2D eigenvalue weighted by Gasteiger charge is -2.42. The highest BCUT2D eigenvalue weighted by atomic mass is 16.4. The van der Waals surface area contributed by atoms with E-state index in [9.17, 15) is 19.5 Å². The Kier molecular flexibility index (Phi) is 1.85.